The molecule has 2 aliphatic rings. The van der Waals surface area contributed by atoms with Crippen molar-refractivity contribution < 1.29 is 23.7 Å². The van der Waals surface area contributed by atoms with Gasteiger partial charge < -0.3 is 33.6 Å². The summed E-state index contributed by atoms with van der Waals surface area (Å²) in [5.41, 5.74) is 5.04. The number of pyridine rings is 1. The summed E-state index contributed by atoms with van der Waals surface area (Å²) in [6.45, 7) is 4.54. The number of hydrogen-bond donors (Lipinski definition) is 0. The lowest BCUT2D eigenvalue weighted by molar-refractivity contribution is 0.0512. The molecule has 0 unspecified atom stereocenters. The fourth-order valence-electron chi connectivity index (χ4n) is 6.36. The van der Waals surface area contributed by atoms with Crippen molar-refractivity contribution in [1.29, 1.82) is 0 Å². The van der Waals surface area contributed by atoms with Crippen LogP contribution in [0.25, 0.3) is 10.8 Å². The number of anilines is 2. The van der Waals surface area contributed by atoms with Crippen LogP contribution < -0.4 is 19.3 Å². The first-order valence-electron chi connectivity index (χ1n) is 16.7. The minimum absolute atomic E-state index is 0.175. The smallest absolute Gasteiger partial charge is 0.410 e. The normalized spacial score (nSPS) is 14.4. The zero-order valence-electron chi connectivity index (χ0n) is 27.7. The first-order chi connectivity index (χ1) is 24.1. The van der Waals surface area contributed by atoms with Crippen molar-refractivity contribution in [2.45, 2.75) is 26.0 Å². The van der Waals surface area contributed by atoms with E-state index < -0.39 is 0 Å². The van der Waals surface area contributed by atoms with E-state index in [0.717, 1.165) is 63.5 Å². The highest BCUT2D eigenvalue weighted by Gasteiger charge is 2.30. The Morgan fingerprint density at radius 1 is 0.837 bits per heavy atom. The van der Waals surface area contributed by atoms with Gasteiger partial charge in [0.15, 0.2) is 6.79 Å². The van der Waals surface area contributed by atoms with Gasteiger partial charge in [0.25, 0.3) is 0 Å². The van der Waals surface area contributed by atoms with E-state index in [1.165, 1.54) is 0 Å². The second-order valence-electron chi connectivity index (χ2n) is 12.1. The zero-order chi connectivity index (χ0) is 33.4. The van der Waals surface area contributed by atoms with Crippen molar-refractivity contribution in [3.63, 3.8) is 0 Å². The first kappa shape index (κ1) is 32.1. The van der Waals surface area contributed by atoms with Gasteiger partial charge in [0.2, 0.25) is 0 Å². The van der Waals surface area contributed by atoms with E-state index >= 15 is 0 Å². The number of ether oxygens (including phenoxy) is 4. The predicted octanol–water partition coefficient (Wildman–Crippen LogP) is 5.65. The Bertz CT molecular complexity index is 1870. The number of amides is 1. The van der Waals surface area contributed by atoms with Crippen molar-refractivity contribution >= 4 is 28.4 Å². The summed E-state index contributed by atoms with van der Waals surface area (Å²) >= 11 is 0. The van der Waals surface area contributed by atoms with E-state index in [9.17, 15) is 4.79 Å². The molecule has 0 aliphatic carbocycles. The van der Waals surface area contributed by atoms with Crippen LogP contribution in [0.5, 0.6) is 11.8 Å². The summed E-state index contributed by atoms with van der Waals surface area (Å²) in [7, 11) is 1.62. The lowest BCUT2D eigenvalue weighted by Crippen LogP contribution is -2.49. The van der Waals surface area contributed by atoms with Gasteiger partial charge in [0.05, 0.1) is 18.8 Å². The quantitative estimate of drug-likeness (QED) is 0.165. The molecule has 0 saturated carbocycles. The van der Waals surface area contributed by atoms with Crippen LogP contribution >= 0.6 is 0 Å². The highest BCUT2D eigenvalue weighted by Crippen LogP contribution is 2.37. The van der Waals surface area contributed by atoms with Crippen molar-refractivity contribution in [3.05, 3.63) is 114 Å². The summed E-state index contributed by atoms with van der Waals surface area (Å²) < 4.78 is 22.9. The van der Waals surface area contributed by atoms with E-state index in [4.69, 9.17) is 28.9 Å². The predicted molar refractivity (Wildman–Crippen MR) is 187 cm³/mol. The molecule has 1 fully saturated rings. The first-order valence-corrected chi connectivity index (χ1v) is 16.7. The molecule has 49 heavy (non-hydrogen) atoms. The number of carbonyl (C=O) groups excluding carboxylic acids is 1. The second-order valence-corrected chi connectivity index (χ2v) is 12.1. The van der Waals surface area contributed by atoms with E-state index in [0.29, 0.717) is 51.8 Å². The number of benzene rings is 3. The molecule has 0 atom stereocenters. The summed E-state index contributed by atoms with van der Waals surface area (Å²) in [5.74, 6) is 1.63. The molecule has 0 spiro atoms. The van der Waals surface area contributed by atoms with E-state index in [1.807, 2.05) is 60.7 Å². The van der Waals surface area contributed by atoms with Crippen LogP contribution in [0, 0.1) is 0 Å². The molecule has 0 N–H and O–H groups in total. The molecule has 2 aliphatic heterocycles. The third kappa shape index (κ3) is 7.68. The minimum atomic E-state index is -0.300. The van der Waals surface area contributed by atoms with Gasteiger partial charge in [-0.1, -0.05) is 60.7 Å². The lowest BCUT2D eigenvalue weighted by atomic mass is 10.0. The molecule has 1 amide bonds. The van der Waals surface area contributed by atoms with E-state index in [1.54, 1.807) is 18.2 Å². The second kappa shape index (κ2) is 15.2. The molecule has 5 aromatic rings. The molecule has 11 nitrogen and oxygen atoms in total. The number of rotatable bonds is 11. The van der Waals surface area contributed by atoms with Crippen molar-refractivity contribution in [2.75, 3.05) is 63.0 Å². The van der Waals surface area contributed by atoms with Crippen LogP contribution in [0.3, 0.4) is 0 Å². The average molecular weight is 661 g/mol. The maximum atomic E-state index is 12.9. The summed E-state index contributed by atoms with van der Waals surface area (Å²) in [5, 5.41) is 2.24. The molecule has 2 aromatic heterocycles. The molecule has 7 rings (SSSR count). The van der Waals surface area contributed by atoms with Gasteiger partial charge >= 0.3 is 12.1 Å². The molecule has 11 heteroatoms. The Labute approximate surface area is 286 Å². The lowest BCUT2D eigenvalue weighted by Gasteiger charge is -2.38. The maximum Gasteiger partial charge on any atom is 0.410 e. The number of piperazine rings is 1. The number of fused-ring (bicyclic) bond motifs is 2. The minimum Gasteiger partial charge on any atom is -0.467 e. The largest absolute Gasteiger partial charge is 0.467 e. The Balaban J connectivity index is 1.11. The van der Waals surface area contributed by atoms with Gasteiger partial charge in [-0.2, -0.15) is 9.97 Å². The van der Waals surface area contributed by atoms with Gasteiger partial charge in [-0.15, -0.1) is 0 Å². The molecular weight excluding hydrogens is 620 g/mol. The highest BCUT2D eigenvalue weighted by atomic mass is 16.7. The van der Waals surface area contributed by atoms with Crippen LogP contribution in [0.1, 0.15) is 22.5 Å². The molecule has 0 bridgehead atoms. The number of nitrogens with zero attached hydrogens (tertiary/aromatic N) is 6. The van der Waals surface area contributed by atoms with Crippen LogP contribution in [-0.4, -0.2) is 79.2 Å². The standard InChI is InChI=1S/C38H40N6O5/c1-46-27-49-31-23-29-11-5-6-13-32(29)35(24-31)44-17-14-33-34(25-44)40-37(47-22-15-30-12-7-8-16-39-30)41-36(33)42-18-20-43(21-19-42)38(45)48-26-28-9-3-2-4-10-28/h2-13,16,23-24H,14-15,17-22,25-27H2,1H3. The number of hydrogen-bond acceptors (Lipinski definition) is 10. The topological polar surface area (TPSA) is 102 Å². The monoisotopic (exact) mass is 660 g/mol. The number of methoxy groups -OCH3 is 1. The highest BCUT2D eigenvalue weighted by molar-refractivity contribution is 5.95. The molecule has 1 saturated heterocycles. The van der Waals surface area contributed by atoms with Crippen LogP contribution in [-0.2, 0) is 35.5 Å². The molecule has 0 radical (unpaired) electrons. The van der Waals surface area contributed by atoms with Crippen molar-refractivity contribution in [3.8, 4) is 11.8 Å². The van der Waals surface area contributed by atoms with Crippen LogP contribution in [0.2, 0.25) is 0 Å². The zero-order valence-corrected chi connectivity index (χ0v) is 27.7. The van der Waals surface area contributed by atoms with Crippen LogP contribution in [0.15, 0.2) is 91.1 Å². The fraction of sp³-hybridized carbons (Fsp3) is 0.316. The Morgan fingerprint density at radius 3 is 2.47 bits per heavy atom. The van der Waals surface area contributed by atoms with Gasteiger partial charge in [-0.25, -0.2) is 4.79 Å². The third-order valence-corrected chi connectivity index (χ3v) is 8.88. The fourth-order valence-corrected chi connectivity index (χ4v) is 6.36. The Morgan fingerprint density at radius 2 is 1.65 bits per heavy atom. The van der Waals surface area contributed by atoms with Gasteiger partial charge in [0.1, 0.15) is 18.2 Å². The maximum absolute atomic E-state index is 12.9. The Kier molecular flexibility index (Phi) is 9.97. The van der Waals surface area contributed by atoms with Crippen molar-refractivity contribution in [2.24, 2.45) is 0 Å². The van der Waals surface area contributed by atoms with Gasteiger partial charge in [0, 0.05) is 80.8 Å². The molecule has 4 heterocycles. The van der Waals surface area contributed by atoms with Gasteiger partial charge in [-0.3, -0.25) is 4.98 Å². The van der Waals surface area contributed by atoms with E-state index in [2.05, 4.69) is 39.0 Å². The summed E-state index contributed by atoms with van der Waals surface area (Å²) in [6.07, 6.45) is 2.89. The van der Waals surface area contributed by atoms with Crippen LogP contribution in [0.4, 0.5) is 16.3 Å². The number of aromatic nitrogens is 3. The van der Waals surface area contributed by atoms with E-state index in [-0.39, 0.29) is 19.5 Å². The summed E-state index contributed by atoms with van der Waals surface area (Å²) in [6, 6.07) is 28.4. The molecule has 252 valence electrons. The third-order valence-electron chi connectivity index (χ3n) is 8.88. The molecule has 3 aromatic carbocycles. The van der Waals surface area contributed by atoms with Crippen molar-refractivity contribution in [1.82, 2.24) is 19.9 Å². The number of carbonyl (C=O) groups is 1. The molecular formula is C38H40N6O5. The van der Waals surface area contributed by atoms with Gasteiger partial charge in [-0.05, 0) is 35.6 Å². The Hall–Kier alpha value is -5.42. The average Bonchev–Trinajstić information content (AvgIpc) is 3.16. The SMILES string of the molecule is COCOc1cc(N2CCc3c(nc(OCCc4ccccn4)nc3N3CCN(C(=O)OCc4ccccc4)CC3)C2)c2ccccc2c1. The summed E-state index contributed by atoms with van der Waals surface area (Å²) in [4.78, 5) is 33.6.